The van der Waals surface area contributed by atoms with Crippen LogP contribution in [0.5, 0.6) is 5.75 Å². The highest BCUT2D eigenvalue weighted by Crippen LogP contribution is 2.36. The Balaban J connectivity index is 1.84. The molecule has 39 heavy (non-hydrogen) atoms. The van der Waals surface area contributed by atoms with Crippen LogP contribution in [0.3, 0.4) is 0 Å². The van der Waals surface area contributed by atoms with Gasteiger partial charge in [-0.2, -0.15) is 0 Å². The molecule has 4 rings (SSSR count). The summed E-state index contributed by atoms with van der Waals surface area (Å²) in [6.07, 6.45) is 2.90. The fourth-order valence-electron chi connectivity index (χ4n) is 4.71. The lowest BCUT2D eigenvalue weighted by molar-refractivity contribution is -0.128. The van der Waals surface area contributed by atoms with Crippen LogP contribution >= 0.6 is 0 Å². The zero-order chi connectivity index (χ0) is 28.4. The fourth-order valence-corrected chi connectivity index (χ4v) is 4.71. The number of aromatic nitrogens is 2. The van der Waals surface area contributed by atoms with Crippen molar-refractivity contribution in [1.29, 1.82) is 0 Å². The highest BCUT2D eigenvalue weighted by Gasteiger charge is 2.32. The maximum Gasteiger partial charge on any atom is 0.258 e. The number of halogens is 2. The van der Waals surface area contributed by atoms with Gasteiger partial charge in [0, 0.05) is 31.9 Å². The number of phenolic OH excluding ortho intramolecular Hbond substituents is 1. The minimum Gasteiger partial charge on any atom is -0.507 e. The summed E-state index contributed by atoms with van der Waals surface area (Å²) in [5, 5.41) is 13.5. The van der Waals surface area contributed by atoms with Crippen LogP contribution in [0, 0.1) is 18.6 Å². The van der Waals surface area contributed by atoms with Gasteiger partial charge in [0.15, 0.2) is 5.82 Å². The van der Waals surface area contributed by atoms with Gasteiger partial charge in [0.1, 0.15) is 23.1 Å². The number of carbonyl (C=O) groups is 2. The van der Waals surface area contributed by atoms with Crippen LogP contribution in [0.1, 0.15) is 48.3 Å². The first-order chi connectivity index (χ1) is 18.5. The van der Waals surface area contributed by atoms with E-state index in [0.717, 1.165) is 17.7 Å². The summed E-state index contributed by atoms with van der Waals surface area (Å²) in [5.74, 6) is -3.03. The molecule has 3 aromatic rings. The molecule has 8 nitrogen and oxygen atoms in total. The molecule has 0 aliphatic carbocycles. The van der Waals surface area contributed by atoms with E-state index in [1.54, 1.807) is 29.0 Å². The Bertz CT molecular complexity index is 1420. The molecule has 1 aromatic carbocycles. The molecule has 0 unspecified atom stereocenters. The van der Waals surface area contributed by atoms with Crippen LogP contribution in [0.15, 0.2) is 49.2 Å². The van der Waals surface area contributed by atoms with Crippen molar-refractivity contribution in [2.75, 3.05) is 25.0 Å². The number of benzene rings is 1. The summed E-state index contributed by atoms with van der Waals surface area (Å²) in [6.45, 7) is 11.9. The number of aryl methyl sites for hydroxylation is 1. The Labute approximate surface area is 226 Å². The molecule has 1 aliphatic rings. The molecule has 10 heteroatoms. The zero-order valence-corrected chi connectivity index (χ0v) is 22.3. The van der Waals surface area contributed by atoms with Crippen molar-refractivity contribution in [2.24, 2.45) is 0 Å². The zero-order valence-electron chi connectivity index (χ0n) is 22.3. The molecule has 0 saturated carbocycles. The lowest BCUT2D eigenvalue weighted by atomic mass is 10.0. The Hall–Kier alpha value is -4.34. The topological polar surface area (TPSA) is 98.7 Å². The molecule has 1 atom stereocenters. The number of carbonyl (C=O) groups excluding carboxylic acids is 2. The van der Waals surface area contributed by atoms with Crippen molar-refractivity contribution >= 4 is 23.3 Å². The molecule has 0 bridgehead atoms. The van der Waals surface area contributed by atoms with Crippen molar-refractivity contribution in [3.8, 4) is 17.0 Å². The van der Waals surface area contributed by atoms with E-state index >= 15 is 4.39 Å². The first kappa shape index (κ1) is 27.7. The van der Waals surface area contributed by atoms with E-state index in [4.69, 9.17) is 0 Å². The van der Waals surface area contributed by atoms with E-state index < -0.39 is 34.5 Å². The molecule has 1 fully saturated rings. The van der Waals surface area contributed by atoms with Gasteiger partial charge < -0.3 is 20.2 Å². The van der Waals surface area contributed by atoms with Crippen LogP contribution in [0.2, 0.25) is 0 Å². The van der Waals surface area contributed by atoms with Crippen molar-refractivity contribution in [2.45, 2.75) is 39.7 Å². The second-order valence-electron chi connectivity index (χ2n) is 9.85. The van der Waals surface area contributed by atoms with Gasteiger partial charge in [-0.1, -0.05) is 26.5 Å². The third kappa shape index (κ3) is 5.45. The van der Waals surface area contributed by atoms with Gasteiger partial charge >= 0.3 is 0 Å². The van der Waals surface area contributed by atoms with Gasteiger partial charge in [0.05, 0.1) is 22.5 Å². The lowest BCUT2D eigenvalue weighted by Gasteiger charge is -2.39. The van der Waals surface area contributed by atoms with Gasteiger partial charge in [-0.05, 0) is 55.7 Å². The van der Waals surface area contributed by atoms with Gasteiger partial charge in [-0.15, -0.1) is 0 Å². The minimum absolute atomic E-state index is 0.00569. The molecule has 1 aliphatic heterocycles. The van der Waals surface area contributed by atoms with Crippen LogP contribution < -0.4 is 5.32 Å². The second-order valence-corrected chi connectivity index (χ2v) is 9.85. The van der Waals surface area contributed by atoms with Gasteiger partial charge in [-0.25, -0.2) is 13.8 Å². The lowest BCUT2D eigenvalue weighted by Crippen LogP contribution is -2.55. The number of phenols is 1. The number of aromatic hydroxyl groups is 1. The number of anilines is 2. The summed E-state index contributed by atoms with van der Waals surface area (Å²) >= 11 is 0. The van der Waals surface area contributed by atoms with E-state index in [0.29, 0.717) is 17.9 Å². The molecular formula is C29H31F2N5O3. The van der Waals surface area contributed by atoms with Crippen molar-refractivity contribution < 1.29 is 23.5 Å². The first-order valence-electron chi connectivity index (χ1n) is 12.7. The summed E-state index contributed by atoms with van der Waals surface area (Å²) < 4.78 is 30.3. The third-order valence-corrected chi connectivity index (χ3v) is 6.79. The van der Waals surface area contributed by atoms with Crippen LogP contribution in [0.4, 0.5) is 20.3 Å². The van der Waals surface area contributed by atoms with E-state index in [1.807, 2.05) is 20.8 Å². The third-order valence-electron chi connectivity index (χ3n) is 6.79. The number of nitrogens with one attached hydrogen (secondary N) is 1. The highest BCUT2D eigenvalue weighted by molar-refractivity contribution is 6.00. The molecule has 2 amide bonds. The summed E-state index contributed by atoms with van der Waals surface area (Å²) in [5.41, 5.74) is 1.21. The van der Waals surface area contributed by atoms with Gasteiger partial charge in [0.2, 0.25) is 5.91 Å². The van der Waals surface area contributed by atoms with E-state index in [1.165, 1.54) is 18.2 Å². The number of amides is 2. The van der Waals surface area contributed by atoms with Crippen LogP contribution in [-0.4, -0.2) is 62.4 Å². The van der Waals surface area contributed by atoms with Crippen LogP contribution in [-0.2, 0) is 4.79 Å². The highest BCUT2D eigenvalue weighted by atomic mass is 19.1. The van der Waals surface area contributed by atoms with Gasteiger partial charge in [-0.3, -0.25) is 14.6 Å². The van der Waals surface area contributed by atoms with Gasteiger partial charge in [0.25, 0.3) is 5.91 Å². The number of hydrogen-bond acceptors (Lipinski definition) is 6. The number of nitrogens with zero attached hydrogens (tertiary/aromatic N) is 4. The maximum absolute atomic E-state index is 15.5. The molecule has 2 N–H and O–H groups in total. The number of hydrogen-bond donors (Lipinski definition) is 2. The standard InChI is InChI=1S/C29H31F2N5O3/c1-6-23(38)35-12-13-36(18(5)15-35)29(39)19-14-21(31)27(24-20(30)8-7-9-22(24)37)34-28(19)33-26-17(4)10-11-32-25(26)16(2)3/h6-11,14,16,18,37H,1,12-13,15H2,2-5H3,(H,33,34)/t18-/m0/s1. The van der Waals surface area contributed by atoms with Crippen molar-refractivity contribution in [3.63, 3.8) is 0 Å². The Morgan fingerprint density at radius 3 is 2.59 bits per heavy atom. The average molecular weight is 536 g/mol. The monoisotopic (exact) mass is 535 g/mol. The second kappa shape index (κ2) is 11.2. The minimum atomic E-state index is -0.968. The number of rotatable bonds is 6. The van der Waals surface area contributed by atoms with Crippen LogP contribution in [0.25, 0.3) is 11.3 Å². The quantitative estimate of drug-likeness (QED) is 0.423. The van der Waals surface area contributed by atoms with E-state index in [-0.39, 0.29) is 42.3 Å². The Morgan fingerprint density at radius 1 is 1.21 bits per heavy atom. The molecule has 2 aromatic heterocycles. The predicted octanol–water partition coefficient (Wildman–Crippen LogP) is 5.16. The fraction of sp³-hybridized carbons (Fsp3) is 0.310. The van der Waals surface area contributed by atoms with Crippen molar-refractivity contribution in [1.82, 2.24) is 19.8 Å². The number of pyridine rings is 2. The Kier molecular flexibility index (Phi) is 7.94. The summed E-state index contributed by atoms with van der Waals surface area (Å²) in [6, 6.07) is 6.06. The smallest absolute Gasteiger partial charge is 0.258 e. The van der Waals surface area contributed by atoms with E-state index in [9.17, 15) is 19.1 Å². The molecule has 204 valence electrons. The molecule has 0 spiro atoms. The predicted molar refractivity (Wildman–Crippen MR) is 145 cm³/mol. The van der Waals surface area contributed by atoms with Crippen molar-refractivity contribution in [3.05, 3.63) is 77.6 Å². The maximum atomic E-state index is 15.5. The first-order valence-corrected chi connectivity index (χ1v) is 12.7. The Morgan fingerprint density at radius 2 is 1.95 bits per heavy atom. The molecular weight excluding hydrogens is 504 g/mol. The molecule has 0 radical (unpaired) electrons. The molecule has 1 saturated heterocycles. The van der Waals surface area contributed by atoms with E-state index in [2.05, 4.69) is 21.9 Å². The average Bonchev–Trinajstić information content (AvgIpc) is 2.90. The number of piperazine rings is 1. The largest absolute Gasteiger partial charge is 0.507 e. The SMILES string of the molecule is C=CC(=O)N1CCN(C(=O)c2cc(F)c(-c3c(O)cccc3F)nc2Nc2c(C)ccnc2C(C)C)[C@@H](C)C1. The summed E-state index contributed by atoms with van der Waals surface area (Å²) in [4.78, 5) is 37.9. The summed E-state index contributed by atoms with van der Waals surface area (Å²) in [7, 11) is 0. The molecule has 3 heterocycles. The normalized spacial score (nSPS) is 15.4.